The maximum absolute atomic E-state index is 13.8. The molecule has 2 aliphatic rings. The van der Waals surface area contributed by atoms with Crippen molar-refractivity contribution in [3.63, 3.8) is 0 Å². The molecule has 1 aliphatic carbocycles. The van der Waals surface area contributed by atoms with Crippen LogP contribution < -0.4 is 10.7 Å². The van der Waals surface area contributed by atoms with Gasteiger partial charge >= 0.3 is 6.09 Å². The lowest BCUT2D eigenvalue weighted by Gasteiger charge is -2.33. The molecule has 0 aromatic heterocycles. The summed E-state index contributed by atoms with van der Waals surface area (Å²) in [6, 6.07) is -0.656. The molecule has 3 amide bonds. The quantitative estimate of drug-likeness (QED) is 0.207. The number of carbonyl (C=O) groups is 3. The van der Waals surface area contributed by atoms with Gasteiger partial charge in [-0.25, -0.2) is 9.80 Å². The summed E-state index contributed by atoms with van der Waals surface area (Å²) in [6.45, 7) is 7.59. The summed E-state index contributed by atoms with van der Waals surface area (Å²) in [6.07, 6.45) is 12.8. The second-order valence-electron chi connectivity index (χ2n) is 10.7. The molecule has 2 rings (SSSR count). The van der Waals surface area contributed by atoms with Gasteiger partial charge in [-0.15, -0.1) is 0 Å². The van der Waals surface area contributed by atoms with Crippen molar-refractivity contribution >= 4 is 17.9 Å². The topological polar surface area (TPSA) is 111 Å². The minimum absolute atomic E-state index is 0.0313. The van der Waals surface area contributed by atoms with Crippen LogP contribution in [0.25, 0.3) is 0 Å². The fraction of sp³-hybridized carbons (Fsp3) is 0.893. The summed E-state index contributed by atoms with van der Waals surface area (Å²) in [7, 11) is 0. The summed E-state index contributed by atoms with van der Waals surface area (Å²) in [5, 5.41) is 14.3. The van der Waals surface area contributed by atoms with Crippen molar-refractivity contribution in [2.24, 2.45) is 5.92 Å². The number of aliphatic hydroxyl groups is 1. The Balaban J connectivity index is 2.07. The Bertz CT molecular complexity index is 700. The molecule has 3 N–H and O–H groups in total. The Morgan fingerprint density at radius 2 is 1.89 bits per heavy atom. The molecule has 37 heavy (non-hydrogen) atoms. The number of hydrazine groups is 1. The van der Waals surface area contributed by atoms with E-state index in [-0.39, 0.29) is 25.0 Å². The molecule has 214 valence electrons. The monoisotopic (exact) mass is 524 g/mol. The highest BCUT2D eigenvalue weighted by Gasteiger charge is 2.49. The summed E-state index contributed by atoms with van der Waals surface area (Å²) >= 11 is 0. The molecular formula is C28H52N4O5. The Hall–Kier alpha value is -1.87. The van der Waals surface area contributed by atoms with Crippen LogP contribution in [0.3, 0.4) is 0 Å². The number of likely N-dealkylation sites (tertiary alicyclic amines) is 1. The molecule has 9 heteroatoms. The maximum atomic E-state index is 13.8. The van der Waals surface area contributed by atoms with E-state index in [2.05, 4.69) is 10.7 Å². The van der Waals surface area contributed by atoms with Crippen molar-refractivity contribution < 1.29 is 24.2 Å². The molecular weight excluding hydrogens is 472 g/mol. The van der Waals surface area contributed by atoms with E-state index < -0.39 is 17.7 Å². The highest BCUT2D eigenvalue weighted by atomic mass is 16.6. The number of unbranched alkanes of at least 4 members (excludes halogenated alkanes) is 1. The first kappa shape index (κ1) is 31.3. The van der Waals surface area contributed by atoms with Crippen molar-refractivity contribution in [1.82, 2.24) is 20.7 Å². The lowest BCUT2D eigenvalue weighted by molar-refractivity contribution is -0.143. The third kappa shape index (κ3) is 9.43. The summed E-state index contributed by atoms with van der Waals surface area (Å²) in [4.78, 5) is 41.3. The molecule has 1 unspecified atom stereocenters. The van der Waals surface area contributed by atoms with Crippen molar-refractivity contribution in [1.29, 1.82) is 0 Å². The molecule has 0 bridgehead atoms. The van der Waals surface area contributed by atoms with E-state index in [1.54, 1.807) is 11.8 Å². The van der Waals surface area contributed by atoms with Gasteiger partial charge in [0, 0.05) is 19.7 Å². The van der Waals surface area contributed by atoms with Crippen molar-refractivity contribution in [2.45, 2.75) is 122 Å². The number of rotatable bonds is 16. The minimum atomic E-state index is -0.745. The zero-order valence-electron chi connectivity index (χ0n) is 23.6. The van der Waals surface area contributed by atoms with Crippen LogP contribution in [0.5, 0.6) is 0 Å². The number of carbonyl (C=O) groups excluding carboxylic acids is 3. The van der Waals surface area contributed by atoms with Crippen molar-refractivity contribution in [3.05, 3.63) is 0 Å². The minimum Gasteiger partial charge on any atom is -0.448 e. The number of ether oxygens (including phenoxy) is 1. The van der Waals surface area contributed by atoms with E-state index in [1.165, 1.54) is 43.5 Å². The van der Waals surface area contributed by atoms with Gasteiger partial charge in [-0.2, -0.15) is 0 Å². The van der Waals surface area contributed by atoms with Crippen LogP contribution in [0.4, 0.5) is 4.79 Å². The van der Waals surface area contributed by atoms with Gasteiger partial charge in [-0.05, 0) is 64.3 Å². The van der Waals surface area contributed by atoms with E-state index in [1.807, 2.05) is 13.8 Å². The predicted molar refractivity (Wildman–Crippen MR) is 145 cm³/mol. The molecule has 0 radical (unpaired) electrons. The number of amides is 3. The molecule has 0 aromatic carbocycles. The van der Waals surface area contributed by atoms with Crippen LogP contribution in [-0.4, -0.2) is 77.4 Å². The molecule has 1 aliphatic heterocycles. The smallest absolute Gasteiger partial charge is 0.428 e. The van der Waals surface area contributed by atoms with Crippen LogP contribution in [0.15, 0.2) is 0 Å². The number of nitrogens with one attached hydrogen (secondary N) is 2. The fourth-order valence-electron chi connectivity index (χ4n) is 5.77. The standard InChI is InChI=1S/C28H52N4O5/c1-4-7-20-32(27(36)37-6-3)30-25(34)24(13-5-2)31-21-18-28(26(31)35,17-12-22-33)29-19-11-16-23-14-9-8-10-15-23/h23-24,29,33H,4-22H2,1-3H3,(H,30,34)/t24?,28-/m1/s1. The summed E-state index contributed by atoms with van der Waals surface area (Å²) in [5.74, 6) is 0.380. The third-order valence-corrected chi connectivity index (χ3v) is 7.90. The Kier molecular flexibility index (Phi) is 14.3. The zero-order chi connectivity index (χ0) is 27.1. The van der Waals surface area contributed by atoms with Crippen LogP contribution in [0.1, 0.15) is 111 Å². The third-order valence-electron chi connectivity index (χ3n) is 7.90. The van der Waals surface area contributed by atoms with Gasteiger partial charge in [0.2, 0.25) is 5.91 Å². The Labute approximate surface area is 224 Å². The van der Waals surface area contributed by atoms with Gasteiger partial charge in [0.1, 0.15) is 6.04 Å². The van der Waals surface area contributed by atoms with Crippen molar-refractivity contribution in [3.8, 4) is 0 Å². The molecule has 0 aromatic rings. The molecule has 9 nitrogen and oxygen atoms in total. The number of aliphatic hydroxyl groups excluding tert-OH is 1. The molecule has 1 saturated heterocycles. The van der Waals surface area contributed by atoms with Gasteiger partial charge < -0.3 is 20.1 Å². The van der Waals surface area contributed by atoms with Crippen molar-refractivity contribution in [2.75, 3.05) is 32.8 Å². The lowest BCUT2D eigenvalue weighted by atomic mass is 9.86. The number of nitrogens with zero attached hydrogens (tertiary/aromatic N) is 2. The first-order chi connectivity index (χ1) is 17.9. The Morgan fingerprint density at radius 3 is 2.54 bits per heavy atom. The van der Waals surface area contributed by atoms with Gasteiger partial charge in [-0.3, -0.25) is 15.0 Å². The highest BCUT2D eigenvalue weighted by Crippen LogP contribution is 2.31. The first-order valence-electron chi connectivity index (χ1n) is 14.8. The lowest BCUT2D eigenvalue weighted by Crippen LogP contribution is -2.58. The molecule has 2 fully saturated rings. The SMILES string of the molecule is CCCCN(NC(=O)C(CCC)N1CC[C@@](CCCO)(NCCCC2CCCCC2)C1=O)C(=O)OCC. The molecule has 1 heterocycles. The highest BCUT2D eigenvalue weighted by molar-refractivity contribution is 5.94. The van der Waals surface area contributed by atoms with E-state index in [9.17, 15) is 19.5 Å². The fourth-order valence-corrected chi connectivity index (χ4v) is 5.77. The summed E-state index contributed by atoms with van der Waals surface area (Å²) in [5.41, 5.74) is 2.00. The second-order valence-corrected chi connectivity index (χ2v) is 10.7. The summed E-state index contributed by atoms with van der Waals surface area (Å²) < 4.78 is 5.12. The average molecular weight is 525 g/mol. The molecule has 1 saturated carbocycles. The van der Waals surface area contributed by atoms with Crippen LogP contribution >= 0.6 is 0 Å². The van der Waals surface area contributed by atoms with Crippen LogP contribution in [0.2, 0.25) is 0 Å². The van der Waals surface area contributed by atoms with Gasteiger partial charge in [0.25, 0.3) is 5.91 Å². The van der Waals surface area contributed by atoms with Gasteiger partial charge in [0.05, 0.1) is 12.1 Å². The van der Waals surface area contributed by atoms with E-state index >= 15 is 0 Å². The zero-order valence-corrected chi connectivity index (χ0v) is 23.6. The van der Waals surface area contributed by atoms with Crippen LogP contribution in [0, 0.1) is 5.92 Å². The predicted octanol–water partition coefficient (Wildman–Crippen LogP) is 4.14. The number of hydrogen-bond donors (Lipinski definition) is 3. The average Bonchev–Trinajstić information content (AvgIpc) is 3.22. The largest absolute Gasteiger partial charge is 0.448 e. The molecule has 2 atom stereocenters. The molecule has 0 spiro atoms. The normalized spacial score (nSPS) is 21.2. The van der Waals surface area contributed by atoms with E-state index in [4.69, 9.17) is 4.74 Å². The second kappa shape index (κ2) is 16.9. The maximum Gasteiger partial charge on any atom is 0.428 e. The Morgan fingerprint density at radius 1 is 1.14 bits per heavy atom. The van der Waals surface area contributed by atoms with Gasteiger partial charge in [0.15, 0.2) is 0 Å². The van der Waals surface area contributed by atoms with Crippen LogP contribution in [-0.2, 0) is 14.3 Å². The van der Waals surface area contributed by atoms with Gasteiger partial charge in [-0.1, -0.05) is 58.8 Å². The van der Waals surface area contributed by atoms with E-state index in [0.717, 1.165) is 38.1 Å². The number of hydrogen-bond acceptors (Lipinski definition) is 6. The van der Waals surface area contributed by atoms with E-state index in [0.29, 0.717) is 38.8 Å². The first-order valence-corrected chi connectivity index (χ1v) is 14.8.